The van der Waals surface area contributed by atoms with Gasteiger partial charge in [0.05, 0.1) is 21.8 Å². The number of halogens is 2. The first-order valence-corrected chi connectivity index (χ1v) is 6.50. The lowest BCUT2D eigenvalue weighted by molar-refractivity contribution is 0.102. The highest BCUT2D eigenvalue weighted by Crippen LogP contribution is 2.22. The van der Waals surface area contributed by atoms with Gasteiger partial charge in [-0.1, -0.05) is 11.2 Å². The third-order valence-corrected chi connectivity index (χ3v) is 3.56. The molecule has 1 aromatic heterocycles. The summed E-state index contributed by atoms with van der Waals surface area (Å²) in [5.74, 6) is -1.08. The van der Waals surface area contributed by atoms with E-state index in [0.29, 0.717) is 0 Å². The number of nitrogens with one attached hydrogen (secondary N) is 1. The molecule has 9 heteroatoms. The molecular weight excluding hydrogens is 345 g/mol. The van der Waals surface area contributed by atoms with Gasteiger partial charge in [0.2, 0.25) is 0 Å². The summed E-state index contributed by atoms with van der Waals surface area (Å²) in [4.78, 5) is 12.2. The van der Waals surface area contributed by atoms with E-state index in [1.807, 2.05) is 0 Å². The summed E-state index contributed by atoms with van der Waals surface area (Å²) in [6, 6.07) is 4.11. The zero-order valence-electron chi connectivity index (χ0n) is 10.8. The van der Waals surface area contributed by atoms with Gasteiger partial charge >= 0.3 is 0 Å². The largest absolute Gasteiger partial charge is 0.409 e. The van der Waals surface area contributed by atoms with Crippen LogP contribution in [0, 0.1) is 5.82 Å². The number of aromatic nitrogens is 2. The first-order valence-electron chi connectivity index (χ1n) is 5.71. The van der Waals surface area contributed by atoms with E-state index in [1.54, 1.807) is 7.05 Å². The van der Waals surface area contributed by atoms with E-state index >= 15 is 0 Å². The van der Waals surface area contributed by atoms with Crippen LogP contribution in [0.4, 0.5) is 10.2 Å². The topological polar surface area (TPSA) is 106 Å². The number of oxime groups is 1. The van der Waals surface area contributed by atoms with Crippen LogP contribution in [0.5, 0.6) is 0 Å². The Morgan fingerprint density at radius 3 is 2.90 bits per heavy atom. The maximum atomic E-state index is 13.4. The van der Waals surface area contributed by atoms with Crippen molar-refractivity contribution in [2.45, 2.75) is 0 Å². The van der Waals surface area contributed by atoms with Gasteiger partial charge in [-0.05, 0) is 28.1 Å². The maximum absolute atomic E-state index is 13.4. The van der Waals surface area contributed by atoms with Crippen molar-refractivity contribution >= 4 is 33.5 Å². The number of carbonyl (C=O) groups excluding carboxylic acids is 1. The molecule has 7 nitrogen and oxygen atoms in total. The third kappa shape index (κ3) is 2.87. The molecule has 0 saturated carbocycles. The lowest BCUT2D eigenvalue weighted by Crippen LogP contribution is -2.20. The summed E-state index contributed by atoms with van der Waals surface area (Å²) in [6.45, 7) is 0. The number of amidine groups is 1. The van der Waals surface area contributed by atoms with Crippen molar-refractivity contribution in [3.63, 3.8) is 0 Å². The Bertz CT molecular complexity index is 728. The first kappa shape index (κ1) is 15.0. The molecule has 0 fully saturated rings. The molecule has 0 saturated heterocycles. The molecule has 2 aromatic rings. The average Bonchev–Trinajstić information content (AvgIpc) is 2.82. The summed E-state index contributed by atoms with van der Waals surface area (Å²) in [6.07, 6.45) is 1.34. The van der Waals surface area contributed by atoms with Gasteiger partial charge in [-0.2, -0.15) is 5.10 Å². The molecule has 1 aromatic carbocycles. The normalized spacial score (nSPS) is 11.5. The Labute approximate surface area is 127 Å². The van der Waals surface area contributed by atoms with Crippen LogP contribution in [0.2, 0.25) is 0 Å². The molecule has 0 unspecified atom stereocenters. The molecule has 0 aliphatic rings. The van der Waals surface area contributed by atoms with E-state index in [1.165, 1.54) is 29.1 Å². The Hall–Kier alpha value is -2.42. The standard InChI is InChI=1S/C12H11BrFN5O2/c1-19-11(7(5-16-19)10(15)18-21)17-12(20)6-3-2-4-8(14)9(6)13/h2-5,21H,1H3,(H2,15,18)(H,17,20). The van der Waals surface area contributed by atoms with E-state index < -0.39 is 11.7 Å². The fourth-order valence-electron chi connectivity index (χ4n) is 1.68. The molecule has 21 heavy (non-hydrogen) atoms. The van der Waals surface area contributed by atoms with Crippen LogP contribution >= 0.6 is 15.9 Å². The van der Waals surface area contributed by atoms with Gasteiger partial charge in [0.25, 0.3) is 5.91 Å². The number of hydrogen-bond acceptors (Lipinski definition) is 4. The monoisotopic (exact) mass is 355 g/mol. The molecular formula is C12H11BrFN5O2. The van der Waals surface area contributed by atoms with E-state index in [0.717, 1.165) is 0 Å². The van der Waals surface area contributed by atoms with Crippen molar-refractivity contribution in [3.8, 4) is 0 Å². The third-order valence-electron chi connectivity index (χ3n) is 2.75. The van der Waals surface area contributed by atoms with Crippen molar-refractivity contribution in [1.82, 2.24) is 9.78 Å². The number of amides is 1. The summed E-state index contributed by atoms with van der Waals surface area (Å²) in [5.41, 5.74) is 5.87. The van der Waals surface area contributed by atoms with Crippen molar-refractivity contribution in [2.24, 2.45) is 17.9 Å². The first-order chi connectivity index (χ1) is 9.95. The highest BCUT2D eigenvalue weighted by molar-refractivity contribution is 9.10. The molecule has 0 radical (unpaired) electrons. The molecule has 1 heterocycles. The van der Waals surface area contributed by atoms with E-state index in [2.05, 4.69) is 31.5 Å². The number of aryl methyl sites for hydroxylation is 1. The molecule has 0 bridgehead atoms. The Morgan fingerprint density at radius 1 is 1.52 bits per heavy atom. The second-order valence-electron chi connectivity index (χ2n) is 4.07. The molecule has 4 N–H and O–H groups in total. The van der Waals surface area contributed by atoms with E-state index in [-0.39, 0.29) is 27.3 Å². The Morgan fingerprint density at radius 2 is 2.24 bits per heavy atom. The predicted molar refractivity (Wildman–Crippen MR) is 77.8 cm³/mol. The number of carbonyl (C=O) groups is 1. The number of benzene rings is 1. The van der Waals surface area contributed by atoms with Crippen LogP contribution in [0.25, 0.3) is 0 Å². The molecule has 0 atom stereocenters. The van der Waals surface area contributed by atoms with Crippen molar-refractivity contribution in [1.29, 1.82) is 0 Å². The number of hydrogen-bond donors (Lipinski definition) is 3. The predicted octanol–water partition coefficient (Wildman–Crippen LogP) is 1.67. The molecule has 0 aliphatic carbocycles. The van der Waals surface area contributed by atoms with Crippen LogP contribution < -0.4 is 11.1 Å². The summed E-state index contributed by atoms with van der Waals surface area (Å²) in [5, 5.41) is 18.0. The lowest BCUT2D eigenvalue weighted by atomic mass is 10.2. The Balaban J connectivity index is 2.37. The van der Waals surface area contributed by atoms with Gasteiger partial charge < -0.3 is 16.3 Å². The van der Waals surface area contributed by atoms with Gasteiger partial charge in [-0.3, -0.25) is 9.48 Å². The summed E-state index contributed by atoms with van der Waals surface area (Å²) in [7, 11) is 1.57. The van der Waals surface area contributed by atoms with Crippen LogP contribution in [-0.2, 0) is 7.05 Å². The van der Waals surface area contributed by atoms with Crippen molar-refractivity contribution < 1.29 is 14.4 Å². The van der Waals surface area contributed by atoms with Gasteiger partial charge in [0.1, 0.15) is 11.6 Å². The van der Waals surface area contributed by atoms with Gasteiger partial charge in [0.15, 0.2) is 5.84 Å². The zero-order chi connectivity index (χ0) is 15.6. The summed E-state index contributed by atoms with van der Waals surface area (Å²) < 4.78 is 14.8. The fraction of sp³-hybridized carbons (Fsp3) is 0.0833. The van der Waals surface area contributed by atoms with E-state index in [4.69, 9.17) is 10.9 Å². The van der Waals surface area contributed by atoms with Crippen LogP contribution in [-0.4, -0.2) is 26.7 Å². The number of rotatable bonds is 3. The Kier molecular flexibility index (Phi) is 4.22. The fourth-order valence-corrected chi connectivity index (χ4v) is 2.13. The van der Waals surface area contributed by atoms with Crippen LogP contribution in [0.1, 0.15) is 15.9 Å². The van der Waals surface area contributed by atoms with Crippen LogP contribution in [0.15, 0.2) is 34.0 Å². The van der Waals surface area contributed by atoms with Gasteiger partial charge in [-0.15, -0.1) is 0 Å². The molecule has 0 aliphatic heterocycles. The quantitative estimate of drug-likeness (QED) is 0.337. The minimum absolute atomic E-state index is 0.0509. The number of nitrogens with two attached hydrogens (primary N) is 1. The second-order valence-corrected chi connectivity index (χ2v) is 4.86. The van der Waals surface area contributed by atoms with Crippen molar-refractivity contribution in [3.05, 3.63) is 45.8 Å². The average molecular weight is 356 g/mol. The number of nitrogens with zero attached hydrogens (tertiary/aromatic N) is 3. The van der Waals surface area contributed by atoms with Gasteiger partial charge in [-0.25, -0.2) is 4.39 Å². The molecule has 110 valence electrons. The minimum atomic E-state index is -0.558. The highest BCUT2D eigenvalue weighted by Gasteiger charge is 2.18. The molecule has 2 rings (SSSR count). The minimum Gasteiger partial charge on any atom is -0.409 e. The van der Waals surface area contributed by atoms with Gasteiger partial charge in [0, 0.05) is 7.05 Å². The second kappa shape index (κ2) is 5.92. The number of anilines is 1. The summed E-state index contributed by atoms with van der Waals surface area (Å²) >= 11 is 3.02. The smallest absolute Gasteiger partial charge is 0.258 e. The zero-order valence-corrected chi connectivity index (χ0v) is 12.4. The van der Waals surface area contributed by atoms with Crippen LogP contribution in [0.3, 0.4) is 0 Å². The lowest BCUT2D eigenvalue weighted by Gasteiger charge is -2.09. The molecule has 0 spiro atoms. The van der Waals surface area contributed by atoms with Crippen molar-refractivity contribution in [2.75, 3.05) is 5.32 Å². The molecule has 1 amide bonds. The SMILES string of the molecule is Cn1ncc(/C(N)=N/O)c1NC(=O)c1cccc(F)c1Br. The highest BCUT2D eigenvalue weighted by atomic mass is 79.9. The van der Waals surface area contributed by atoms with E-state index in [9.17, 15) is 9.18 Å². The maximum Gasteiger partial charge on any atom is 0.258 e.